The molecule has 0 bridgehead atoms. The second-order valence-electron chi connectivity index (χ2n) is 6.14. The number of nitrogens with one attached hydrogen (secondary N) is 2. The summed E-state index contributed by atoms with van der Waals surface area (Å²) in [5.74, 6) is -0.261. The van der Waals surface area contributed by atoms with E-state index in [0.29, 0.717) is 17.1 Å². The van der Waals surface area contributed by atoms with Crippen molar-refractivity contribution in [3.8, 4) is 0 Å². The number of quaternary nitrogens is 1. The number of nitro benzene ring substituents is 1. The highest BCUT2D eigenvalue weighted by Gasteiger charge is 2.20. The number of nitrogens with zero attached hydrogens (tertiary/aromatic N) is 1. The number of rotatable bonds is 6. The topological polar surface area (TPSA) is 76.7 Å². The monoisotopic (exact) mass is 362 g/mol. The molecule has 0 heterocycles. The van der Waals surface area contributed by atoms with Gasteiger partial charge in [-0.3, -0.25) is 14.9 Å². The molecule has 25 heavy (non-hydrogen) atoms. The first-order valence-corrected chi connectivity index (χ1v) is 8.26. The van der Waals surface area contributed by atoms with E-state index in [0.717, 1.165) is 16.0 Å². The van der Waals surface area contributed by atoms with Crippen molar-refractivity contribution in [1.82, 2.24) is 0 Å². The van der Waals surface area contributed by atoms with Gasteiger partial charge in [-0.2, -0.15) is 0 Å². The summed E-state index contributed by atoms with van der Waals surface area (Å²) in [7, 11) is 1.89. The normalized spacial score (nSPS) is 11.8. The molecule has 132 valence electrons. The van der Waals surface area contributed by atoms with Crippen LogP contribution in [0.15, 0.2) is 36.4 Å². The van der Waals surface area contributed by atoms with Gasteiger partial charge in [-0.15, -0.1) is 0 Å². The van der Waals surface area contributed by atoms with Gasteiger partial charge < -0.3 is 10.2 Å². The average molecular weight is 363 g/mol. The van der Waals surface area contributed by atoms with Crippen LogP contribution in [0.2, 0.25) is 5.02 Å². The summed E-state index contributed by atoms with van der Waals surface area (Å²) in [6.45, 7) is 4.47. The zero-order chi connectivity index (χ0) is 18.6. The van der Waals surface area contributed by atoms with Crippen LogP contribution < -0.4 is 10.2 Å². The van der Waals surface area contributed by atoms with E-state index in [9.17, 15) is 14.9 Å². The zero-order valence-corrected chi connectivity index (χ0v) is 15.2. The number of benzene rings is 2. The van der Waals surface area contributed by atoms with Crippen molar-refractivity contribution in [1.29, 1.82) is 0 Å². The highest BCUT2D eigenvalue weighted by atomic mass is 35.5. The van der Waals surface area contributed by atoms with Crippen LogP contribution >= 0.6 is 11.6 Å². The molecular formula is C18H21ClN3O3+. The lowest BCUT2D eigenvalue weighted by Crippen LogP contribution is -3.08. The summed E-state index contributed by atoms with van der Waals surface area (Å²) in [4.78, 5) is 24.0. The summed E-state index contributed by atoms with van der Waals surface area (Å²) >= 11 is 5.86. The maximum absolute atomic E-state index is 12.3. The third-order valence-electron chi connectivity index (χ3n) is 4.06. The van der Waals surface area contributed by atoms with Gasteiger partial charge in [0.05, 0.1) is 12.0 Å². The van der Waals surface area contributed by atoms with E-state index in [4.69, 9.17) is 11.6 Å². The third kappa shape index (κ3) is 5.01. The van der Waals surface area contributed by atoms with E-state index in [1.54, 1.807) is 13.0 Å². The molecule has 2 aromatic rings. The number of anilines is 1. The largest absolute Gasteiger partial charge is 0.326 e. The molecule has 0 saturated carbocycles. The van der Waals surface area contributed by atoms with E-state index in [-0.39, 0.29) is 23.8 Å². The molecule has 0 saturated heterocycles. The third-order valence-corrected chi connectivity index (χ3v) is 4.31. The number of amides is 1. The molecule has 1 amide bonds. The van der Waals surface area contributed by atoms with Gasteiger partial charge in [0, 0.05) is 16.7 Å². The molecule has 6 nitrogen and oxygen atoms in total. The van der Waals surface area contributed by atoms with E-state index < -0.39 is 4.92 Å². The van der Waals surface area contributed by atoms with E-state index in [2.05, 4.69) is 5.32 Å². The number of likely N-dealkylation sites (N-methyl/N-ethyl adjacent to an activating group) is 1. The van der Waals surface area contributed by atoms with Gasteiger partial charge in [0.2, 0.25) is 0 Å². The molecule has 7 heteroatoms. The zero-order valence-electron chi connectivity index (χ0n) is 14.4. The van der Waals surface area contributed by atoms with Crippen molar-refractivity contribution < 1.29 is 14.6 Å². The molecule has 0 aliphatic rings. The van der Waals surface area contributed by atoms with Crippen LogP contribution in [0.1, 0.15) is 16.7 Å². The Hall–Kier alpha value is -2.44. The minimum absolute atomic E-state index is 0.0909. The SMILES string of the molecule is Cc1ccc([N+](=O)[O-])c(NC(=O)C[NH+](C)Cc2ccc(Cl)cc2)c1C. The first kappa shape index (κ1) is 18.9. The van der Waals surface area contributed by atoms with Crippen molar-refractivity contribution >= 4 is 28.9 Å². The number of nitro groups is 1. The van der Waals surface area contributed by atoms with Crippen molar-refractivity contribution in [2.45, 2.75) is 20.4 Å². The van der Waals surface area contributed by atoms with Crippen LogP contribution in [-0.2, 0) is 11.3 Å². The molecule has 0 aliphatic carbocycles. The van der Waals surface area contributed by atoms with Gasteiger partial charge in [0.15, 0.2) is 6.54 Å². The number of halogens is 1. The number of hydrogen-bond donors (Lipinski definition) is 2. The Kier molecular flexibility index (Phi) is 6.12. The number of carbonyl (C=O) groups is 1. The van der Waals surface area contributed by atoms with Crippen LogP contribution in [0.4, 0.5) is 11.4 Å². The quantitative estimate of drug-likeness (QED) is 0.612. The molecule has 2 rings (SSSR count). The lowest BCUT2D eigenvalue weighted by molar-refractivity contribution is -0.885. The highest BCUT2D eigenvalue weighted by molar-refractivity contribution is 6.30. The second kappa shape index (κ2) is 8.09. The molecule has 1 atom stereocenters. The van der Waals surface area contributed by atoms with Gasteiger partial charge in [0.25, 0.3) is 11.6 Å². The number of aryl methyl sites for hydroxylation is 1. The summed E-state index contributed by atoms with van der Waals surface area (Å²) in [5.41, 5.74) is 2.84. The van der Waals surface area contributed by atoms with Crippen LogP contribution in [0.3, 0.4) is 0 Å². The predicted octanol–water partition coefficient (Wildman–Crippen LogP) is 2.52. The standard InChI is InChI=1S/C18H20ClN3O3/c1-12-4-9-16(22(24)25)18(13(12)2)20-17(23)11-21(3)10-14-5-7-15(19)8-6-14/h4-9H,10-11H2,1-3H3,(H,20,23)/p+1. The van der Waals surface area contributed by atoms with Gasteiger partial charge in [-0.25, -0.2) is 0 Å². The molecule has 0 aliphatic heterocycles. The van der Waals surface area contributed by atoms with Gasteiger partial charge >= 0.3 is 0 Å². The summed E-state index contributed by atoms with van der Waals surface area (Å²) in [5, 5.41) is 14.6. The van der Waals surface area contributed by atoms with Crippen molar-refractivity contribution in [2.24, 2.45) is 0 Å². The maximum Gasteiger partial charge on any atom is 0.293 e. The summed E-state index contributed by atoms with van der Waals surface area (Å²) < 4.78 is 0. The first-order chi connectivity index (χ1) is 11.8. The Morgan fingerprint density at radius 1 is 1.20 bits per heavy atom. The van der Waals surface area contributed by atoms with Crippen LogP contribution in [-0.4, -0.2) is 24.4 Å². The average Bonchev–Trinajstić information content (AvgIpc) is 2.53. The van der Waals surface area contributed by atoms with Crippen LogP contribution in [0.25, 0.3) is 0 Å². The fourth-order valence-corrected chi connectivity index (χ4v) is 2.71. The molecule has 0 radical (unpaired) electrons. The summed E-state index contributed by atoms with van der Waals surface area (Å²) in [6, 6.07) is 10.6. The van der Waals surface area contributed by atoms with Gasteiger partial charge in [-0.1, -0.05) is 29.8 Å². The minimum Gasteiger partial charge on any atom is -0.326 e. The summed E-state index contributed by atoms with van der Waals surface area (Å²) in [6.07, 6.45) is 0. The Labute approximate surface area is 151 Å². The fourth-order valence-electron chi connectivity index (χ4n) is 2.58. The predicted molar refractivity (Wildman–Crippen MR) is 98.1 cm³/mol. The first-order valence-electron chi connectivity index (χ1n) is 7.88. The van der Waals surface area contributed by atoms with Crippen molar-refractivity contribution in [2.75, 3.05) is 18.9 Å². The van der Waals surface area contributed by atoms with Gasteiger partial charge in [0.1, 0.15) is 12.2 Å². The van der Waals surface area contributed by atoms with E-state index in [1.165, 1.54) is 6.07 Å². The van der Waals surface area contributed by atoms with Crippen LogP contribution in [0, 0.1) is 24.0 Å². The maximum atomic E-state index is 12.3. The molecule has 0 aromatic heterocycles. The fraction of sp³-hybridized carbons (Fsp3) is 0.278. The second-order valence-corrected chi connectivity index (χ2v) is 6.58. The van der Waals surface area contributed by atoms with E-state index >= 15 is 0 Å². The lowest BCUT2D eigenvalue weighted by atomic mass is 10.1. The van der Waals surface area contributed by atoms with Crippen molar-refractivity contribution in [3.63, 3.8) is 0 Å². The highest BCUT2D eigenvalue weighted by Crippen LogP contribution is 2.29. The van der Waals surface area contributed by atoms with Gasteiger partial charge in [-0.05, 0) is 37.1 Å². The van der Waals surface area contributed by atoms with E-state index in [1.807, 2.05) is 38.2 Å². The van der Waals surface area contributed by atoms with Crippen molar-refractivity contribution in [3.05, 3.63) is 68.2 Å². The molecule has 0 fully saturated rings. The molecule has 2 aromatic carbocycles. The number of carbonyl (C=O) groups excluding carboxylic acids is 1. The Morgan fingerprint density at radius 3 is 2.44 bits per heavy atom. The Bertz CT molecular complexity index is 791. The Balaban J connectivity index is 2.06. The molecule has 1 unspecified atom stereocenters. The van der Waals surface area contributed by atoms with Crippen LogP contribution in [0.5, 0.6) is 0 Å². The molecular weight excluding hydrogens is 342 g/mol. The molecule has 0 spiro atoms. The Morgan fingerprint density at radius 2 is 1.84 bits per heavy atom. The molecule has 2 N–H and O–H groups in total. The minimum atomic E-state index is -0.480. The lowest BCUT2D eigenvalue weighted by Gasteiger charge is -2.15. The number of hydrogen-bond acceptors (Lipinski definition) is 3. The smallest absolute Gasteiger partial charge is 0.293 e.